The monoisotopic (exact) mass is 291 g/mol. The van der Waals surface area contributed by atoms with Crippen LogP contribution in [0.25, 0.3) is 0 Å². The number of anilines is 1. The summed E-state index contributed by atoms with van der Waals surface area (Å²) in [5, 5.41) is 2.90. The summed E-state index contributed by atoms with van der Waals surface area (Å²) in [6.07, 6.45) is 1.72. The Balaban J connectivity index is 2.06. The van der Waals surface area contributed by atoms with Gasteiger partial charge in [0.2, 0.25) is 11.8 Å². The number of piperidine rings is 1. The summed E-state index contributed by atoms with van der Waals surface area (Å²) in [4.78, 5) is 33.0. The van der Waals surface area contributed by atoms with Crippen molar-refractivity contribution in [2.75, 3.05) is 25.0 Å². The van der Waals surface area contributed by atoms with Crippen LogP contribution in [-0.4, -0.2) is 46.3 Å². The van der Waals surface area contributed by atoms with Gasteiger partial charge in [0.25, 0.3) is 0 Å². The minimum atomic E-state index is -0.428. The first-order valence-corrected chi connectivity index (χ1v) is 7.09. The van der Waals surface area contributed by atoms with Gasteiger partial charge in [0, 0.05) is 37.7 Å². The van der Waals surface area contributed by atoms with Crippen LogP contribution >= 0.6 is 0 Å². The van der Waals surface area contributed by atoms with Crippen molar-refractivity contribution in [3.8, 4) is 0 Å². The number of nitrogens with zero attached hydrogens (tertiary/aromatic N) is 3. The Kier molecular flexibility index (Phi) is 4.72. The molecule has 114 valence electrons. The zero-order valence-electron chi connectivity index (χ0n) is 12.4. The minimum absolute atomic E-state index is 0.0542. The number of nitrogens with two attached hydrogens (primary N) is 1. The molecule has 1 fully saturated rings. The Morgan fingerprint density at radius 2 is 2.05 bits per heavy atom. The zero-order valence-corrected chi connectivity index (χ0v) is 12.4. The largest absolute Gasteiger partial charge is 0.368 e. The maximum absolute atomic E-state index is 11.3. The third-order valence-electron chi connectivity index (χ3n) is 3.62. The molecule has 2 amide bonds. The van der Waals surface area contributed by atoms with E-state index in [1.165, 1.54) is 0 Å². The van der Waals surface area contributed by atoms with E-state index in [9.17, 15) is 9.59 Å². The van der Waals surface area contributed by atoms with Crippen LogP contribution in [0.3, 0.4) is 0 Å². The second kappa shape index (κ2) is 6.51. The van der Waals surface area contributed by atoms with Crippen molar-refractivity contribution in [3.05, 3.63) is 17.6 Å². The Hall–Kier alpha value is -2.18. The average molecular weight is 291 g/mol. The van der Waals surface area contributed by atoms with Crippen LogP contribution in [0.2, 0.25) is 0 Å². The fraction of sp³-hybridized carbons (Fsp3) is 0.571. The third-order valence-corrected chi connectivity index (χ3v) is 3.62. The average Bonchev–Trinajstić information content (AvgIpc) is 2.44. The van der Waals surface area contributed by atoms with E-state index in [4.69, 9.17) is 5.73 Å². The first kappa shape index (κ1) is 15.2. The van der Waals surface area contributed by atoms with Crippen LogP contribution in [-0.2, 0) is 9.59 Å². The molecule has 1 saturated heterocycles. The molecule has 0 aromatic carbocycles. The highest BCUT2D eigenvalue weighted by Crippen LogP contribution is 2.26. The molecule has 3 N–H and O–H groups in total. The summed E-state index contributed by atoms with van der Waals surface area (Å²) in [7, 11) is 0. The van der Waals surface area contributed by atoms with Gasteiger partial charge in [-0.1, -0.05) is 0 Å². The van der Waals surface area contributed by atoms with Crippen molar-refractivity contribution in [2.45, 2.75) is 32.6 Å². The topological polar surface area (TPSA) is 101 Å². The van der Waals surface area contributed by atoms with Gasteiger partial charge in [0.05, 0.1) is 6.54 Å². The number of primary amides is 1. The molecule has 0 atom stereocenters. The van der Waals surface area contributed by atoms with Gasteiger partial charge in [-0.3, -0.25) is 9.59 Å². The molecule has 7 heteroatoms. The zero-order chi connectivity index (χ0) is 15.4. The number of hydrogen-bond acceptors (Lipinski definition) is 5. The second-order valence-corrected chi connectivity index (χ2v) is 5.35. The molecule has 0 bridgehead atoms. The van der Waals surface area contributed by atoms with E-state index in [1.807, 2.05) is 11.8 Å². The molecule has 2 rings (SSSR count). The number of aryl methyl sites for hydroxylation is 1. The van der Waals surface area contributed by atoms with E-state index >= 15 is 0 Å². The third kappa shape index (κ3) is 4.14. The van der Waals surface area contributed by atoms with Crippen LogP contribution in [0.15, 0.2) is 6.07 Å². The molecule has 0 aliphatic carbocycles. The highest BCUT2D eigenvalue weighted by Gasteiger charge is 2.24. The van der Waals surface area contributed by atoms with Gasteiger partial charge in [-0.2, -0.15) is 0 Å². The van der Waals surface area contributed by atoms with Gasteiger partial charge < -0.3 is 16.0 Å². The molecular weight excluding hydrogens is 270 g/mol. The number of likely N-dealkylation sites (tertiary alicyclic amines) is 1. The van der Waals surface area contributed by atoms with E-state index < -0.39 is 5.91 Å². The number of rotatable bonds is 4. The number of hydrogen-bond donors (Lipinski definition) is 2. The van der Waals surface area contributed by atoms with Crippen molar-refractivity contribution in [2.24, 2.45) is 5.73 Å². The Bertz CT molecular complexity index is 538. The summed E-state index contributed by atoms with van der Waals surface area (Å²) in [6.45, 7) is 5.02. The normalized spacial score (nSPS) is 15.8. The van der Waals surface area contributed by atoms with Gasteiger partial charge >= 0.3 is 0 Å². The number of carbonyl (C=O) groups is 2. The van der Waals surface area contributed by atoms with Crippen LogP contribution in [0.1, 0.15) is 37.2 Å². The summed E-state index contributed by atoms with van der Waals surface area (Å²) in [5.74, 6) is 1.31. The second-order valence-electron chi connectivity index (χ2n) is 5.35. The van der Waals surface area contributed by atoms with Gasteiger partial charge in [0.15, 0.2) is 0 Å². The number of carbonyl (C=O) groups excluding carboxylic acids is 2. The van der Waals surface area contributed by atoms with Gasteiger partial charge in [-0.15, -0.1) is 0 Å². The summed E-state index contributed by atoms with van der Waals surface area (Å²) in [5.41, 5.74) is 5.97. The van der Waals surface area contributed by atoms with Crippen LogP contribution < -0.4 is 11.1 Å². The Morgan fingerprint density at radius 1 is 1.38 bits per heavy atom. The number of aromatic nitrogens is 2. The molecule has 1 aliphatic rings. The van der Waals surface area contributed by atoms with E-state index in [-0.39, 0.29) is 18.4 Å². The molecule has 1 aliphatic heterocycles. The van der Waals surface area contributed by atoms with E-state index in [1.54, 1.807) is 13.0 Å². The first-order chi connectivity index (χ1) is 9.95. The molecule has 1 aromatic heterocycles. The Labute approximate surface area is 123 Å². The first-order valence-electron chi connectivity index (χ1n) is 7.09. The van der Waals surface area contributed by atoms with E-state index in [0.29, 0.717) is 5.82 Å². The lowest BCUT2D eigenvalue weighted by atomic mass is 9.96. The smallest absolute Gasteiger partial charge is 0.236 e. The van der Waals surface area contributed by atoms with Gasteiger partial charge in [-0.25, -0.2) is 9.97 Å². The molecule has 21 heavy (non-hydrogen) atoms. The fourth-order valence-corrected chi connectivity index (χ4v) is 2.49. The molecule has 0 unspecified atom stereocenters. The molecule has 1 aromatic rings. The van der Waals surface area contributed by atoms with Gasteiger partial charge in [0.1, 0.15) is 11.6 Å². The van der Waals surface area contributed by atoms with Crippen molar-refractivity contribution in [3.63, 3.8) is 0 Å². The predicted octanol–water partition coefficient (Wildman–Crippen LogP) is 0.408. The molecule has 0 radical (unpaired) electrons. The van der Waals surface area contributed by atoms with E-state index in [0.717, 1.165) is 37.4 Å². The molecule has 2 heterocycles. The maximum Gasteiger partial charge on any atom is 0.236 e. The predicted molar refractivity (Wildman–Crippen MR) is 78.7 cm³/mol. The lowest BCUT2D eigenvalue weighted by Crippen LogP contribution is -2.36. The fourth-order valence-electron chi connectivity index (χ4n) is 2.49. The molecular formula is C14H21N5O2. The summed E-state index contributed by atoms with van der Waals surface area (Å²) >= 11 is 0. The molecule has 7 nitrogen and oxygen atoms in total. The van der Waals surface area contributed by atoms with Crippen molar-refractivity contribution >= 4 is 17.6 Å². The van der Waals surface area contributed by atoms with Crippen molar-refractivity contribution < 1.29 is 9.59 Å². The van der Waals surface area contributed by atoms with Crippen molar-refractivity contribution in [1.29, 1.82) is 0 Å². The van der Waals surface area contributed by atoms with Crippen LogP contribution in [0, 0.1) is 6.92 Å². The maximum atomic E-state index is 11.3. The van der Waals surface area contributed by atoms with Gasteiger partial charge in [-0.05, 0) is 19.8 Å². The highest BCUT2D eigenvalue weighted by molar-refractivity contribution is 5.78. The molecule has 0 spiro atoms. The quantitative estimate of drug-likeness (QED) is 0.836. The van der Waals surface area contributed by atoms with Crippen LogP contribution in [0.5, 0.6) is 0 Å². The van der Waals surface area contributed by atoms with Crippen molar-refractivity contribution in [1.82, 2.24) is 14.9 Å². The summed E-state index contributed by atoms with van der Waals surface area (Å²) < 4.78 is 0. The standard InChI is InChI=1S/C14H21N5O2/c1-9-7-13(16-8-12(15)21)18-14(17-9)11-3-5-19(6-4-11)10(2)20/h7,11H,3-6,8H2,1-2H3,(H2,15,21)(H,16,17,18). The SMILES string of the molecule is CC(=O)N1CCC(c2nc(C)cc(NCC(N)=O)n2)CC1. The Morgan fingerprint density at radius 3 is 2.62 bits per heavy atom. The summed E-state index contributed by atoms with van der Waals surface area (Å²) in [6, 6.07) is 1.79. The number of nitrogens with one attached hydrogen (secondary N) is 1. The van der Waals surface area contributed by atoms with E-state index in [2.05, 4.69) is 15.3 Å². The molecule has 0 saturated carbocycles. The lowest BCUT2D eigenvalue weighted by Gasteiger charge is -2.30. The minimum Gasteiger partial charge on any atom is -0.368 e. The highest BCUT2D eigenvalue weighted by atomic mass is 16.2. The lowest BCUT2D eigenvalue weighted by molar-refractivity contribution is -0.129. The number of amides is 2. The van der Waals surface area contributed by atoms with Crippen LogP contribution in [0.4, 0.5) is 5.82 Å².